The van der Waals surface area contributed by atoms with Crippen LogP contribution < -0.4 is 9.62 Å². The zero-order valence-corrected chi connectivity index (χ0v) is 15.1. The van der Waals surface area contributed by atoms with E-state index in [0.717, 1.165) is 16.8 Å². The first kappa shape index (κ1) is 16.6. The van der Waals surface area contributed by atoms with Crippen molar-refractivity contribution in [3.05, 3.63) is 84.2 Å². The van der Waals surface area contributed by atoms with Gasteiger partial charge in [0.1, 0.15) is 0 Å². The lowest BCUT2D eigenvalue weighted by molar-refractivity contribution is 0.590. The fourth-order valence-corrected chi connectivity index (χ4v) is 4.68. The number of pyridine rings is 1. The summed E-state index contributed by atoms with van der Waals surface area (Å²) in [5.74, 6) is 0. The summed E-state index contributed by atoms with van der Waals surface area (Å²) in [4.78, 5) is 4.43. The second kappa shape index (κ2) is 6.46. The van der Waals surface area contributed by atoms with Crippen LogP contribution >= 0.6 is 0 Å². The molecule has 0 radical (unpaired) electrons. The quantitative estimate of drug-likeness (QED) is 0.765. The summed E-state index contributed by atoms with van der Waals surface area (Å²) in [6.45, 7) is 2.26. The fourth-order valence-electron chi connectivity index (χ4n) is 3.19. The van der Waals surface area contributed by atoms with Crippen molar-refractivity contribution in [3.63, 3.8) is 0 Å². The smallest absolute Gasteiger partial charge is 0.264 e. The number of hydrogen-bond donors (Lipinski definition) is 1. The number of anilines is 2. The second-order valence-electron chi connectivity index (χ2n) is 6.35. The molecule has 1 N–H and O–H groups in total. The molecule has 0 saturated carbocycles. The molecule has 5 nitrogen and oxygen atoms in total. The first-order chi connectivity index (χ1) is 12.6. The molecule has 0 amide bonds. The van der Waals surface area contributed by atoms with Crippen LogP contribution in [0.5, 0.6) is 0 Å². The fraction of sp³-hybridized carbons (Fsp3) is 0.150. The Kier molecular flexibility index (Phi) is 4.12. The maximum Gasteiger partial charge on any atom is 0.264 e. The van der Waals surface area contributed by atoms with E-state index in [0.29, 0.717) is 17.1 Å². The predicted octanol–water partition coefficient (Wildman–Crippen LogP) is 3.75. The molecule has 0 aliphatic carbocycles. The van der Waals surface area contributed by atoms with E-state index in [9.17, 15) is 8.42 Å². The van der Waals surface area contributed by atoms with Crippen LogP contribution in [0.1, 0.15) is 17.2 Å². The molecule has 1 unspecified atom stereocenters. The molecule has 0 spiro atoms. The average molecular weight is 365 g/mol. The van der Waals surface area contributed by atoms with Crippen molar-refractivity contribution in [3.8, 4) is 0 Å². The van der Waals surface area contributed by atoms with E-state index in [1.165, 1.54) is 4.31 Å². The Morgan fingerprint density at radius 1 is 1.04 bits per heavy atom. The van der Waals surface area contributed by atoms with Gasteiger partial charge in [-0.3, -0.25) is 9.29 Å². The zero-order valence-electron chi connectivity index (χ0n) is 14.3. The first-order valence-corrected chi connectivity index (χ1v) is 9.84. The number of aromatic nitrogens is 1. The van der Waals surface area contributed by atoms with Gasteiger partial charge in [0.05, 0.1) is 29.4 Å². The van der Waals surface area contributed by atoms with Crippen LogP contribution in [-0.4, -0.2) is 19.9 Å². The standard InChI is InChI=1S/C20H19N3O2S/c1-15-7-9-17(10-8-15)26(24,25)23-14-19(18-11-12-21-13-20(18)23)22-16-5-3-2-4-6-16/h2-13,19,22H,14H2,1H3. The van der Waals surface area contributed by atoms with Crippen LogP contribution in [0.3, 0.4) is 0 Å². The van der Waals surface area contributed by atoms with Gasteiger partial charge in [-0.1, -0.05) is 35.9 Å². The number of nitrogens with one attached hydrogen (secondary N) is 1. The van der Waals surface area contributed by atoms with Crippen molar-refractivity contribution in [2.45, 2.75) is 17.9 Å². The number of sulfonamides is 1. The third kappa shape index (κ3) is 2.93. The summed E-state index contributed by atoms with van der Waals surface area (Å²) in [7, 11) is -3.64. The van der Waals surface area contributed by atoms with E-state index >= 15 is 0 Å². The Labute approximate surface area is 153 Å². The molecule has 2 heterocycles. The number of hydrogen-bond acceptors (Lipinski definition) is 4. The Bertz CT molecular complexity index is 1020. The van der Waals surface area contributed by atoms with Crippen LogP contribution in [0.4, 0.5) is 11.4 Å². The van der Waals surface area contributed by atoms with Gasteiger partial charge in [-0.25, -0.2) is 8.42 Å². The van der Waals surface area contributed by atoms with E-state index in [2.05, 4.69) is 10.3 Å². The summed E-state index contributed by atoms with van der Waals surface area (Å²) < 4.78 is 27.8. The van der Waals surface area contributed by atoms with Gasteiger partial charge in [-0.15, -0.1) is 0 Å². The monoisotopic (exact) mass is 365 g/mol. The molecule has 1 aliphatic heterocycles. The lowest BCUT2D eigenvalue weighted by Gasteiger charge is -2.20. The van der Waals surface area contributed by atoms with Gasteiger partial charge in [-0.05, 0) is 37.3 Å². The van der Waals surface area contributed by atoms with Crippen LogP contribution in [0.2, 0.25) is 0 Å². The van der Waals surface area contributed by atoms with Crippen LogP contribution in [0.25, 0.3) is 0 Å². The summed E-state index contributed by atoms with van der Waals surface area (Å²) in [5, 5.41) is 3.43. The summed E-state index contributed by atoms with van der Waals surface area (Å²) in [6, 6.07) is 18.5. The SMILES string of the molecule is Cc1ccc(S(=O)(=O)N2CC(Nc3ccccc3)c3ccncc32)cc1. The molecular formula is C20H19N3O2S. The largest absolute Gasteiger partial charge is 0.376 e. The predicted molar refractivity (Wildman–Crippen MR) is 103 cm³/mol. The summed E-state index contributed by atoms with van der Waals surface area (Å²) >= 11 is 0. The number of aryl methyl sites for hydroxylation is 1. The number of fused-ring (bicyclic) bond motifs is 1. The third-order valence-electron chi connectivity index (χ3n) is 4.55. The zero-order chi connectivity index (χ0) is 18.1. The minimum absolute atomic E-state index is 0.129. The van der Waals surface area contributed by atoms with Gasteiger partial charge in [0.2, 0.25) is 0 Å². The molecule has 1 aromatic heterocycles. The number of rotatable bonds is 4. The molecule has 3 aromatic rings. The van der Waals surface area contributed by atoms with E-state index < -0.39 is 10.0 Å². The van der Waals surface area contributed by atoms with Gasteiger partial charge < -0.3 is 5.32 Å². The van der Waals surface area contributed by atoms with Crippen LogP contribution in [0.15, 0.2) is 78.0 Å². The maximum absolute atomic E-state index is 13.2. The maximum atomic E-state index is 13.2. The van der Waals surface area contributed by atoms with Crippen LogP contribution in [-0.2, 0) is 10.0 Å². The molecule has 0 saturated heterocycles. The normalized spacial score (nSPS) is 16.3. The Morgan fingerprint density at radius 3 is 2.50 bits per heavy atom. The summed E-state index contributed by atoms with van der Waals surface area (Å²) in [6.07, 6.45) is 3.31. The van der Waals surface area contributed by atoms with Gasteiger partial charge in [0, 0.05) is 17.4 Å². The minimum atomic E-state index is -3.64. The third-order valence-corrected chi connectivity index (χ3v) is 6.34. The second-order valence-corrected chi connectivity index (χ2v) is 8.21. The van der Waals surface area contributed by atoms with E-state index in [4.69, 9.17) is 0 Å². The van der Waals surface area contributed by atoms with Crippen molar-refractivity contribution >= 4 is 21.4 Å². The number of benzene rings is 2. The molecule has 1 atom stereocenters. The van der Waals surface area contributed by atoms with E-state index in [1.54, 1.807) is 24.5 Å². The molecule has 26 heavy (non-hydrogen) atoms. The molecule has 0 fully saturated rings. The molecule has 4 rings (SSSR count). The highest BCUT2D eigenvalue weighted by atomic mass is 32.2. The molecule has 6 heteroatoms. The number of para-hydroxylation sites is 1. The van der Waals surface area contributed by atoms with Crippen molar-refractivity contribution in [1.82, 2.24) is 4.98 Å². The molecule has 1 aliphatic rings. The van der Waals surface area contributed by atoms with E-state index in [1.807, 2.05) is 55.5 Å². The molecule has 0 bridgehead atoms. The van der Waals surface area contributed by atoms with Gasteiger partial charge in [0.15, 0.2) is 0 Å². The van der Waals surface area contributed by atoms with Crippen molar-refractivity contribution in [2.75, 3.05) is 16.2 Å². The average Bonchev–Trinajstić information content (AvgIpc) is 3.02. The number of nitrogens with zero attached hydrogens (tertiary/aromatic N) is 2. The van der Waals surface area contributed by atoms with Crippen molar-refractivity contribution in [1.29, 1.82) is 0 Å². The molecule has 132 valence electrons. The Hall–Kier alpha value is -2.86. The lowest BCUT2D eigenvalue weighted by Crippen LogP contribution is -2.31. The first-order valence-electron chi connectivity index (χ1n) is 8.40. The highest BCUT2D eigenvalue weighted by molar-refractivity contribution is 7.92. The highest BCUT2D eigenvalue weighted by Gasteiger charge is 2.36. The van der Waals surface area contributed by atoms with Crippen LogP contribution in [0, 0.1) is 6.92 Å². The molecule has 2 aromatic carbocycles. The Morgan fingerprint density at radius 2 is 1.77 bits per heavy atom. The van der Waals surface area contributed by atoms with E-state index in [-0.39, 0.29) is 6.04 Å². The topological polar surface area (TPSA) is 62.3 Å². The molecular weight excluding hydrogens is 346 g/mol. The Balaban J connectivity index is 1.71. The van der Waals surface area contributed by atoms with Crippen molar-refractivity contribution < 1.29 is 8.42 Å². The highest BCUT2D eigenvalue weighted by Crippen LogP contribution is 2.39. The van der Waals surface area contributed by atoms with Gasteiger partial charge >= 0.3 is 0 Å². The minimum Gasteiger partial charge on any atom is -0.376 e. The summed E-state index contributed by atoms with van der Waals surface area (Å²) in [5.41, 5.74) is 3.53. The van der Waals surface area contributed by atoms with Gasteiger partial charge in [0.25, 0.3) is 10.0 Å². The van der Waals surface area contributed by atoms with Gasteiger partial charge in [-0.2, -0.15) is 0 Å². The van der Waals surface area contributed by atoms with Crippen molar-refractivity contribution in [2.24, 2.45) is 0 Å². The lowest BCUT2D eigenvalue weighted by atomic mass is 10.1.